The molecule has 6 heteroatoms. The van der Waals surface area contributed by atoms with E-state index in [0.717, 1.165) is 18.7 Å². The van der Waals surface area contributed by atoms with Gasteiger partial charge in [-0.2, -0.15) is 0 Å². The Kier molecular flexibility index (Phi) is 6.58. The molecule has 0 bridgehead atoms. The number of carbonyl (C=O) groups excluding carboxylic acids is 1. The summed E-state index contributed by atoms with van der Waals surface area (Å²) < 4.78 is 24.2. The number of rotatable bonds is 8. The summed E-state index contributed by atoms with van der Waals surface area (Å²) in [7, 11) is -1.42. The quantitative estimate of drug-likeness (QED) is 0.735. The van der Waals surface area contributed by atoms with Gasteiger partial charge in [-0.05, 0) is 30.7 Å². The molecule has 0 aliphatic heterocycles. The number of para-hydroxylation sites is 1. The fraction of sp³-hybridized carbons (Fsp3) is 0.316. The maximum atomic E-state index is 12.4. The average molecular weight is 360 g/mol. The van der Waals surface area contributed by atoms with Gasteiger partial charge in [-0.1, -0.05) is 37.3 Å². The number of hydrogen-bond acceptors (Lipinski definition) is 4. The van der Waals surface area contributed by atoms with Crippen molar-refractivity contribution in [3.8, 4) is 0 Å². The van der Waals surface area contributed by atoms with Crippen molar-refractivity contribution in [1.29, 1.82) is 0 Å². The zero-order valence-corrected chi connectivity index (χ0v) is 15.4. The number of benzene rings is 2. The van der Waals surface area contributed by atoms with E-state index in [9.17, 15) is 13.2 Å². The predicted octanol–water partition coefficient (Wildman–Crippen LogP) is 2.74. The summed E-state index contributed by atoms with van der Waals surface area (Å²) in [5.41, 5.74) is 1.33. The van der Waals surface area contributed by atoms with E-state index in [1.807, 2.05) is 37.4 Å². The van der Waals surface area contributed by atoms with E-state index in [-0.39, 0.29) is 22.1 Å². The Labute approximate surface area is 149 Å². The summed E-state index contributed by atoms with van der Waals surface area (Å²) >= 11 is 0. The molecule has 1 N–H and O–H groups in total. The van der Waals surface area contributed by atoms with E-state index in [1.165, 1.54) is 6.07 Å². The van der Waals surface area contributed by atoms with Gasteiger partial charge in [0.15, 0.2) is 9.84 Å². The molecular weight excluding hydrogens is 336 g/mol. The van der Waals surface area contributed by atoms with Crippen molar-refractivity contribution in [1.82, 2.24) is 5.32 Å². The van der Waals surface area contributed by atoms with E-state index in [2.05, 4.69) is 10.2 Å². The molecule has 0 aliphatic rings. The summed E-state index contributed by atoms with van der Waals surface area (Å²) in [6.45, 7) is 2.85. The Balaban J connectivity index is 1.91. The van der Waals surface area contributed by atoms with Crippen molar-refractivity contribution >= 4 is 21.4 Å². The van der Waals surface area contributed by atoms with Gasteiger partial charge >= 0.3 is 0 Å². The minimum absolute atomic E-state index is 0.0286. The number of sulfone groups is 1. The van der Waals surface area contributed by atoms with Crippen molar-refractivity contribution in [2.45, 2.75) is 18.2 Å². The lowest BCUT2D eigenvalue weighted by Gasteiger charge is -2.19. The van der Waals surface area contributed by atoms with E-state index in [4.69, 9.17) is 0 Å². The summed E-state index contributed by atoms with van der Waals surface area (Å²) in [6, 6.07) is 16.3. The van der Waals surface area contributed by atoms with Gasteiger partial charge in [0.05, 0.1) is 16.2 Å². The Morgan fingerprint density at radius 1 is 1.04 bits per heavy atom. The fourth-order valence-corrected chi connectivity index (χ4v) is 3.60. The van der Waals surface area contributed by atoms with Crippen LogP contribution in [0.1, 0.15) is 23.7 Å². The highest BCUT2D eigenvalue weighted by Crippen LogP contribution is 2.17. The minimum Gasteiger partial charge on any atom is -0.375 e. The first-order valence-electron chi connectivity index (χ1n) is 8.32. The monoisotopic (exact) mass is 360 g/mol. The number of hydrogen-bond donors (Lipinski definition) is 1. The van der Waals surface area contributed by atoms with Crippen LogP contribution in [0.4, 0.5) is 5.69 Å². The zero-order chi connectivity index (χ0) is 18.3. The Hall–Kier alpha value is -2.34. The highest BCUT2D eigenvalue weighted by Gasteiger charge is 2.20. The van der Waals surface area contributed by atoms with Crippen LogP contribution in [-0.2, 0) is 9.84 Å². The number of anilines is 1. The van der Waals surface area contributed by atoms with Gasteiger partial charge < -0.3 is 10.2 Å². The third kappa shape index (κ3) is 5.06. The smallest absolute Gasteiger partial charge is 0.252 e. The molecular formula is C19H24N2O3S. The summed E-state index contributed by atoms with van der Waals surface area (Å²) in [5.74, 6) is -0.380. The molecule has 0 saturated heterocycles. The van der Waals surface area contributed by atoms with E-state index < -0.39 is 9.84 Å². The largest absolute Gasteiger partial charge is 0.375 e. The number of amides is 1. The van der Waals surface area contributed by atoms with Gasteiger partial charge in [0.25, 0.3) is 5.91 Å². The molecule has 0 unspecified atom stereocenters. The number of nitrogens with zero attached hydrogens (tertiary/aromatic N) is 1. The summed E-state index contributed by atoms with van der Waals surface area (Å²) in [4.78, 5) is 14.6. The van der Waals surface area contributed by atoms with Gasteiger partial charge in [-0.15, -0.1) is 0 Å². The topological polar surface area (TPSA) is 66.5 Å². The molecule has 0 atom stereocenters. The van der Waals surface area contributed by atoms with Gasteiger partial charge in [0.1, 0.15) is 0 Å². The minimum atomic E-state index is -3.42. The summed E-state index contributed by atoms with van der Waals surface area (Å²) in [5, 5.41) is 2.81. The summed E-state index contributed by atoms with van der Waals surface area (Å²) in [6.07, 6.45) is 0.764. The van der Waals surface area contributed by atoms with Crippen molar-refractivity contribution in [2.24, 2.45) is 0 Å². The van der Waals surface area contributed by atoms with Crippen LogP contribution in [0.5, 0.6) is 0 Å². The molecule has 25 heavy (non-hydrogen) atoms. The maximum absolute atomic E-state index is 12.4. The molecule has 5 nitrogen and oxygen atoms in total. The SMILES string of the molecule is CCS(=O)(=O)c1ccccc1C(=O)NCCCN(C)c1ccccc1. The van der Waals surface area contributed by atoms with Gasteiger partial charge in [0.2, 0.25) is 0 Å². The van der Waals surface area contributed by atoms with Crippen LogP contribution in [0.25, 0.3) is 0 Å². The maximum Gasteiger partial charge on any atom is 0.252 e. The van der Waals surface area contributed by atoms with Crippen LogP contribution < -0.4 is 10.2 Å². The first-order chi connectivity index (χ1) is 12.0. The molecule has 0 saturated carbocycles. The van der Waals surface area contributed by atoms with Crippen LogP contribution in [0.3, 0.4) is 0 Å². The molecule has 0 heterocycles. The lowest BCUT2D eigenvalue weighted by Crippen LogP contribution is -2.29. The number of carbonyl (C=O) groups is 1. The first-order valence-corrected chi connectivity index (χ1v) is 9.97. The van der Waals surface area contributed by atoms with Crippen LogP contribution in [0.2, 0.25) is 0 Å². The van der Waals surface area contributed by atoms with Gasteiger partial charge in [-0.25, -0.2) is 8.42 Å². The number of nitrogens with one attached hydrogen (secondary N) is 1. The third-order valence-electron chi connectivity index (χ3n) is 4.00. The van der Waals surface area contributed by atoms with Crippen LogP contribution in [-0.4, -0.2) is 40.2 Å². The molecule has 2 aromatic rings. The Morgan fingerprint density at radius 2 is 1.68 bits per heavy atom. The van der Waals surface area contributed by atoms with Gasteiger partial charge in [-0.3, -0.25) is 4.79 Å². The average Bonchev–Trinajstić information content (AvgIpc) is 2.65. The van der Waals surface area contributed by atoms with E-state index in [0.29, 0.717) is 6.54 Å². The first kappa shape index (κ1) is 19.0. The normalized spacial score (nSPS) is 11.1. The lowest BCUT2D eigenvalue weighted by molar-refractivity contribution is 0.0950. The molecule has 1 amide bonds. The predicted molar refractivity (Wildman–Crippen MR) is 101 cm³/mol. The second kappa shape index (κ2) is 8.67. The van der Waals surface area contributed by atoms with Crippen LogP contribution in [0, 0.1) is 0 Å². The molecule has 134 valence electrons. The third-order valence-corrected chi connectivity index (χ3v) is 5.79. The second-order valence-corrected chi connectivity index (χ2v) is 8.01. The Bertz CT molecular complexity index is 804. The molecule has 2 aromatic carbocycles. The fourth-order valence-electron chi connectivity index (χ4n) is 2.51. The highest BCUT2D eigenvalue weighted by atomic mass is 32.2. The van der Waals surface area contributed by atoms with Crippen molar-refractivity contribution in [3.63, 3.8) is 0 Å². The van der Waals surface area contributed by atoms with Gasteiger partial charge in [0, 0.05) is 25.8 Å². The molecule has 0 fully saturated rings. The second-order valence-electron chi connectivity index (χ2n) is 5.77. The standard InChI is InChI=1S/C19H24N2O3S/c1-3-25(23,24)18-13-8-7-12-17(18)19(22)20-14-9-15-21(2)16-10-5-4-6-11-16/h4-8,10-13H,3,9,14-15H2,1-2H3,(H,20,22). The molecule has 0 spiro atoms. The van der Waals surface area contributed by atoms with Crippen molar-refractivity contribution in [3.05, 3.63) is 60.2 Å². The molecule has 0 radical (unpaired) electrons. The van der Waals surface area contributed by atoms with Crippen LogP contribution >= 0.6 is 0 Å². The highest BCUT2D eigenvalue weighted by molar-refractivity contribution is 7.91. The van der Waals surface area contributed by atoms with E-state index >= 15 is 0 Å². The zero-order valence-electron chi connectivity index (χ0n) is 14.6. The lowest BCUT2D eigenvalue weighted by atomic mass is 10.2. The molecule has 0 aromatic heterocycles. The van der Waals surface area contributed by atoms with Crippen molar-refractivity contribution < 1.29 is 13.2 Å². The van der Waals surface area contributed by atoms with Crippen LogP contribution in [0.15, 0.2) is 59.5 Å². The van der Waals surface area contributed by atoms with Crippen molar-refractivity contribution in [2.75, 3.05) is 30.8 Å². The molecule has 0 aliphatic carbocycles. The Morgan fingerprint density at radius 3 is 2.36 bits per heavy atom. The van der Waals surface area contributed by atoms with E-state index in [1.54, 1.807) is 25.1 Å². The molecule has 2 rings (SSSR count).